The van der Waals surface area contributed by atoms with Crippen LogP contribution >= 0.6 is 0 Å². The molecule has 1 saturated carbocycles. The Labute approximate surface area is 179 Å². The van der Waals surface area contributed by atoms with E-state index in [0.717, 1.165) is 29.7 Å². The van der Waals surface area contributed by atoms with Crippen LogP contribution in [0.3, 0.4) is 0 Å². The Hall–Kier alpha value is -4.00. The zero-order valence-corrected chi connectivity index (χ0v) is 16.8. The first-order valence-corrected chi connectivity index (χ1v) is 10.3. The molecule has 0 bridgehead atoms. The molecular weight excluding hydrogens is 390 g/mol. The Balaban J connectivity index is 1.33. The standard InChI is InChI=1S/C24H21N5O2/c30-22(25-15-16-5-2-1-3-6-16)18-11-9-17(10-12-18)20-7-4-8-21-26-24(28-29(20)21)27-23(31)19-13-14-19/h1-12,19H,13-15H2,(H,25,30)(H,27,28,31). The van der Waals surface area contributed by atoms with Crippen molar-refractivity contribution in [3.8, 4) is 11.3 Å². The first-order chi connectivity index (χ1) is 15.2. The normalized spacial score (nSPS) is 13.2. The Bertz CT molecular complexity index is 1240. The number of anilines is 1. The first kappa shape index (κ1) is 19.0. The Morgan fingerprint density at radius 2 is 1.71 bits per heavy atom. The van der Waals surface area contributed by atoms with E-state index in [1.54, 1.807) is 16.6 Å². The first-order valence-electron chi connectivity index (χ1n) is 10.3. The Morgan fingerprint density at radius 1 is 0.935 bits per heavy atom. The van der Waals surface area contributed by atoms with Crippen molar-refractivity contribution >= 4 is 23.4 Å². The molecule has 2 heterocycles. The number of nitrogens with one attached hydrogen (secondary N) is 2. The summed E-state index contributed by atoms with van der Waals surface area (Å²) in [5.74, 6) is 0.246. The van der Waals surface area contributed by atoms with Crippen LogP contribution in [-0.2, 0) is 11.3 Å². The summed E-state index contributed by atoms with van der Waals surface area (Å²) >= 11 is 0. The summed E-state index contributed by atoms with van der Waals surface area (Å²) in [5, 5.41) is 10.2. The SMILES string of the molecule is O=C(NCc1ccccc1)c1ccc(-c2cccc3nc(NC(=O)C4CC4)nn23)cc1. The van der Waals surface area contributed by atoms with Crippen LogP contribution in [0.25, 0.3) is 16.9 Å². The van der Waals surface area contributed by atoms with Crippen LogP contribution in [0.2, 0.25) is 0 Å². The van der Waals surface area contributed by atoms with Crippen LogP contribution in [0.5, 0.6) is 0 Å². The molecule has 1 aliphatic carbocycles. The Morgan fingerprint density at radius 3 is 2.45 bits per heavy atom. The van der Waals surface area contributed by atoms with Crippen molar-refractivity contribution < 1.29 is 9.59 Å². The van der Waals surface area contributed by atoms with E-state index in [9.17, 15) is 9.59 Å². The average molecular weight is 411 g/mol. The molecule has 0 unspecified atom stereocenters. The molecule has 2 aromatic carbocycles. The molecule has 0 radical (unpaired) electrons. The number of carbonyl (C=O) groups is 2. The van der Waals surface area contributed by atoms with Crippen LogP contribution in [-0.4, -0.2) is 26.4 Å². The number of nitrogens with zero attached hydrogens (tertiary/aromatic N) is 3. The fourth-order valence-electron chi connectivity index (χ4n) is 3.41. The van der Waals surface area contributed by atoms with Crippen LogP contribution in [0.15, 0.2) is 72.8 Å². The molecule has 4 aromatic rings. The van der Waals surface area contributed by atoms with Gasteiger partial charge < -0.3 is 5.32 Å². The van der Waals surface area contributed by atoms with Gasteiger partial charge in [0, 0.05) is 23.6 Å². The second-order valence-electron chi connectivity index (χ2n) is 7.63. The third-order valence-corrected chi connectivity index (χ3v) is 5.28. The van der Waals surface area contributed by atoms with Crippen LogP contribution in [0.1, 0.15) is 28.8 Å². The van der Waals surface area contributed by atoms with E-state index in [2.05, 4.69) is 20.7 Å². The maximum absolute atomic E-state index is 12.5. The predicted molar refractivity (Wildman–Crippen MR) is 117 cm³/mol. The van der Waals surface area contributed by atoms with Gasteiger partial charge in [-0.15, -0.1) is 5.10 Å². The van der Waals surface area contributed by atoms with E-state index >= 15 is 0 Å². The molecule has 0 aliphatic heterocycles. The van der Waals surface area contributed by atoms with Gasteiger partial charge in [0.05, 0.1) is 5.69 Å². The molecule has 0 atom stereocenters. The number of aromatic nitrogens is 3. The molecule has 7 heteroatoms. The van der Waals surface area contributed by atoms with Crippen LogP contribution < -0.4 is 10.6 Å². The number of fused-ring (bicyclic) bond motifs is 1. The molecule has 5 rings (SSSR count). The van der Waals surface area contributed by atoms with Gasteiger partial charge in [-0.3, -0.25) is 14.9 Å². The lowest BCUT2D eigenvalue weighted by Gasteiger charge is -2.07. The van der Waals surface area contributed by atoms with E-state index in [1.165, 1.54) is 0 Å². The van der Waals surface area contributed by atoms with E-state index < -0.39 is 0 Å². The lowest BCUT2D eigenvalue weighted by atomic mass is 10.1. The number of pyridine rings is 1. The molecule has 1 fully saturated rings. The van der Waals surface area contributed by atoms with Crippen molar-refractivity contribution in [2.45, 2.75) is 19.4 Å². The third-order valence-electron chi connectivity index (χ3n) is 5.28. The average Bonchev–Trinajstić information content (AvgIpc) is 3.58. The number of hydrogen-bond donors (Lipinski definition) is 2. The van der Waals surface area contributed by atoms with E-state index in [0.29, 0.717) is 23.7 Å². The summed E-state index contributed by atoms with van der Waals surface area (Å²) in [5.41, 5.74) is 4.01. The summed E-state index contributed by atoms with van der Waals surface area (Å²) in [4.78, 5) is 28.9. The maximum atomic E-state index is 12.5. The van der Waals surface area contributed by atoms with E-state index in [4.69, 9.17) is 0 Å². The summed E-state index contributed by atoms with van der Waals surface area (Å²) in [7, 11) is 0. The van der Waals surface area contributed by atoms with Crippen molar-refractivity contribution in [1.82, 2.24) is 19.9 Å². The zero-order valence-electron chi connectivity index (χ0n) is 16.8. The van der Waals surface area contributed by atoms with Crippen molar-refractivity contribution in [3.63, 3.8) is 0 Å². The molecule has 2 amide bonds. The minimum absolute atomic E-state index is 0.0247. The third kappa shape index (κ3) is 4.16. The molecule has 0 saturated heterocycles. The van der Waals surface area contributed by atoms with Crippen molar-refractivity contribution in [1.29, 1.82) is 0 Å². The van der Waals surface area contributed by atoms with Crippen LogP contribution in [0.4, 0.5) is 5.95 Å². The van der Waals surface area contributed by atoms with Gasteiger partial charge in [0.15, 0.2) is 5.65 Å². The fourth-order valence-corrected chi connectivity index (χ4v) is 3.41. The van der Waals surface area contributed by atoms with Gasteiger partial charge in [-0.25, -0.2) is 4.52 Å². The predicted octanol–water partition coefficient (Wildman–Crippen LogP) is 3.67. The van der Waals surface area contributed by atoms with Gasteiger partial charge in [0.1, 0.15) is 0 Å². The highest BCUT2D eigenvalue weighted by molar-refractivity contribution is 5.94. The summed E-state index contributed by atoms with van der Waals surface area (Å²) in [6.45, 7) is 0.481. The molecule has 2 N–H and O–H groups in total. The minimum atomic E-state index is -0.126. The molecule has 2 aromatic heterocycles. The Kier molecular flexibility index (Phi) is 4.92. The van der Waals surface area contributed by atoms with Crippen LogP contribution in [0, 0.1) is 5.92 Å². The van der Waals surface area contributed by atoms with Gasteiger partial charge in [0.2, 0.25) is 11.9 Å². The molecule has 7 nitrogen and oxygen atoms in total. The molecule has 1 aliphatic rings. The van der Waals surface area contributed by atoms with Gasteiger partial charge in [0.25, 0.3) is 5.91 Å². The van der Waals surface area contributed by atoms with Crippen molar-refractivity contribution in [2.24, 2.45) is 5.92 Å². The molecule has 31 heavy (non-hydrogen) atoms. The van der Waals surface area contributed by atoms with Gasteiger partial charge in [-0.2, -0.15) is 4.98 Å². The monoisotopic (exact) mass is 411 g/mol. The second-order valence-corrected chi connectivity index (χ2v) is 7.63. The molecule has 154 valence electrons. The number of amides is 2. The fraction of sp³-hybridized carbons (Fsp3) is 0.167. The number of rotatable bonds is 6. The smallest absolute Gasteiger partial charge is 0.251 e. The summed E-state index contributed by atoms with van der Waals surface area (Å²) in [6, 6.07) is 22.8. The lowest BCUT2D eigenvalue weighted by Crippen LogP contribution is -2.22. The number of carbonyl (C=O) groups excluding carboxylic acids is 2. The summed E-state index contributed by atoms with van der Waals surface area (Å²) < 4.78 is 1.70. The van der Waals surface area contributed by atoms with E-state index in [-0.39, 0.29) is 17.7 Å². The topological polar surface area (TPSA) is 88.4 Å². The highest BCUT2D eigenvalue weighted by atomic mass is 16.2. The van der Waals surface area contributed by atoms with Gasteiger partial charge in [-0.05, 0) is 42.7 Å². The molecular formula is C24H21N5O2. The second kappa shape index (κ2) is 8.02. The quantitative estimate of drug-likeness (QED) is 0.507. The summed E-state index contributed by atoms with van der Waals surface area (Å²) in [6.07, 6.45) is 1.85. The van der Waals surface area contributed by atoms with Crippen molar-refractivity contribution in [3.05, 3.63) is 83.9 Å². The van der Waals surface area contributed by atoms with Crippen molar-refractivity contribution in [2.75, 3.05) is 5.32 Å². The largest absolute Gasteiger partial charge is 0.348 e. The van der Waals surface area contributed by atoms with Gasteiger partial charge in [-0.1, -0.05) is 48.5 Å². The van der Waals surface area contributed by atoms with Gasteiger partial charge >= 0.3 is 0 Å². The minimum Gasteiger partial charge on any atom is -0.348 e. The van der Waals surface area contributed by atoms with E-state index in [1.807, 2.05) is 60.7 Å². The highest BCUT2D eigenvalue weighted by Crippen LogP contribution is 2.30. The lowest BCUT2D eigenvalue weighted by molar-refractivity contribution is -0.117. The number of benzene rings is 2. The highest BCUT2D eigenvalue weighted by Gasteiger charge is 2.30. The maximum Gasteiger partial charge on any atom is 0.251 e. The number of hydrogen-bond acceptors (Lipinski definition) is 4. The zero-order chi connectivity index (χ0) is 21.2. The molecule has 0 spiro atoms.